The molecule has 0 bridgehead atoms. The second-order valence-electron chi connectivity index (χ2n) is 6.91. The van der Waals surface area contributed by atoms with Crippen LogP contribution >= 0.6 is 0 Å². The predicted molar refractivity (Wildman–Crippen MR) is 109 cm³/mol. The average molecular weight is 374 g/mol. The summed E-state index contributed by atoms with van der Waals surface area (Å²) in [5, 5.41) is 14.1. The van der Waals surface area contributed by atoms with Gasteiger partial charge < -0.3 is 20.1 Å². The summed E-state index contributed by atoms with van der Waals surface area (Å²) in [5.41, 5.74) is 4.15. The molecule has 0 saturated carbocycles. The van der Waals surface area contributed by atoms with Gasteiger partial charge in [0.05, 0.1) is 12.7 Å². The zero-order chi connectivity index (χ0) is 19.7. The van der Waals surface area contributed by atoms with Gasteiger partial charge in [-0.3, -0.25) is 4.79 Å². The van der Waals surface area contributed by atoms with E-state index in [9.17, 15) is 9.90 Å². The maximum Gasteiger partial charge on any atom is 0.258 e. The molecule has 4 rings (SSSR count). The molecule has 1 atom stereocenters. The highest BCUT2D eigenvalue weighted by atomic mass is 16.5. The molecular weight excluding hydrogens is 352 g/mol. The number of anilines is 1. The Morgan fingerprint density at radius 2 is 1.79 bits per heavy atom. The SMILES string of the molecule is COc1cccc(C2Nc3ccccc3C(=O)N2Cc2ccc(C)cc2)c1O. The Kier molecular flexibility index (Phi) is 4.65. The molecule has 0 radical (unpaired) electrons. The van der Waals surface area contributed by atoms with Gasteiger partial charge in [0, 0.05) is 17.8 Å². The summed E-state index contributed by atoms with van der Waals surface area (Å²) < 4.78 is 5.26. The second-order valence-corrected chi connectivity index (χ2v) is 6.91. The molecule has 0 aliphatic carbocycles. The molecular formula is C23H22N2O3. The van der Waals surface area contributed by atoms with Crippen molar-refractivity contribution in [3.05, 3.63) is 89.0 Å². The summed E-state index contributed by atoms with van der Waals surface area (Å²) >= 11 is 0. The third kappa shape index (κ3) is 3.16. The fourth-order valence-electron chi connectivity index (χ4n) is 3.52. The van der Waals surface area contributed by atoms with E-state index >= 15 is 0 Å². The van der Waals surface area contributed by atoms with Crippen molar-refractivity contribution >= 4 is 11.6 Å². The van der Waals surface area contributed by atoms with Crippen LogP contribution in [0.1, 0.15) is 33.2 Å². The van der Waals surface area contributed by atoms with Crippen molar-refractivity contribution in [2.24, 2.45) is 0 Å². The number of benzene rings is 3. The Bertz CT molecular complexity index is 1010. The number of carbonyl (C=O) groups is 1. The Hall–Kier alpha value is -3.47. The maximum atomic E-state index is 13.3. The molecule has 1 aliphatic rings. The minimum absolute atomic E-state index is 0.0311. The van der Waals surface area contributed by atoms with Crippen LogP contribution in [-0.2, 0) is 6.54 Å². The number of carbonyl (C=O) groups excluding carboxylic acids is 1. The molecule has 3 aromatic rings. The van der Waals surface area contributed by atoms with Gasteiger partial charge in [0.25, 0.3) is 5.91 Å². The number of phenolic OH excluding ortho intramolecular Hbond substituents is 1. The number of nitrogens with zero attached hydrogens (tertiary/aromatic N) is 1. The minimum Gasteiger partial charge on any atom is -0.504 e. The molecule has 0 saturated heterocycles. The Balaban J connectivity index is 1.79. The first-order chi connectivity index (χ1) is 13.6. The Labute approximate surface area is 164 Å². The van der Waals surface area contributed by atoms with Crippen molar-refractivity contribution < 1.29 is 14.6 Å². The molecule has 1 aliphatic heterocycles. The summed E-state index contributed by atoms with van der Waals surface area (Å²) in [7, 11) is 1.51. The largest absolute Gasteiger partial charge is 0.504 e. The van der Waals surface area contributed by atoms with Crippen molar-refractivity contribution in [1.29, 1.82) is 0 Å². The lowest BCUT2D eigenvalue weighted by Gasteiger charge is -2.38. The van der Waals surface area contributed by atoms with Crippen LogP contribution in [0.5, 0.6) is 11.5 Å². The van der Waals surface area contributed by atoms with Crippen LogP contribution in [0.15, 0.2) is 66.7 Å². The van der Waals surface area contributed by atoms with Gasteiger partial charge in [0.15, 0.2) is 11.5 Å². The number of hydrogen-bond acceptors (Lipinski definition) is 4. The van der Waals surface area contributed by atoms with Crippen LogP contribution in [0, 0.1) is 6.92 Å². The molecule has 5 nitrogen and oxygen atoms in total. The van der Waals surface area contributed by atoms with E-state index in [4.69, 9.17) is 4.74 Å². The lowest BCUT2D eigenvalue weighted by Crippen LogP contribution is -2.42. The zero-order valence-electron chi connectivity index (χ0n) is 15.8. The van der Waals surface area contributed by atoms with Gasteiger partial charge in [-0.25, -0.2) is 0 Å². The fourth-order valence-corrected chi connectivity index (χ4v) is 3.52. The van der Waals surface area contributed by atoms with Crippen LogP contribution in [-0.4, -0.2) is 23.0 Å². The Morgan fingerprint density at radius 3 is 2.54 bits per heavy atom. The van der Waals surface area contributed by atoms with E-state index in [0.29, 0.717) is 23.4 Å². The first-order valence-electron chi connectivity index (χ1n) is 9.16. The molecule has 1 heterocycles. The van der Waals surface area contributed by atoms with Crippen LogP contribution in [0.4, 0.5) is 5.69 Å². The number of aromatic hydroxyl groups is 1. The number of ether oxygens (including phenoxy) is 1. The minimum atomic E-state index is -0.515. The molecule has 0 aromatic heterocycles. The topological polar surface area (TPSA) is 61.8 Å². The summed E-state index contributed by atoms with van der Waals surface area (Å²) in [5.74, 6) is 0.326. The average Bonchev–Trinajstić information content (AvgIpc) is 2.72. The highest BCUT2D eigenvalue weighted by molar-refractivity contribution is 6.01. The normalized spacial score (nSPS) is 15.7. The number of nitrogens with one attached hydrogen (secondary N) is 1. The molecule has 28 heavy (non-hydrogen) atoms. The van der Waals surface area contributed by atoms with Crippen molar-refractivity contribution in [3.8, 4) is 11.5 Å². The number of aryl methyl sites for hydroxylation is 1. The molecule has 0 spiro atoms. The van der Waals surface area contributed by atoms with E-state index in [0.717, 1.165) is 11.3 Å². The van der Waals surface area contributed by atoms with Crippen LogP contribution in [0.2, 0.25) is 0 Å². The molecule has 2 N–H and O–H groups in total. The maximum absolute atomic E-state index is 13.3. The van der Waals surface area contributed by atoms with E-state index < -0.39 is 6.17 Å². The fraction of sp³-hybridized carbons (Fsp3) is 0.174. The number of amides is 1. The number of fused-ring (bicyclic) bond motifs is 1. The van der Waals surface area contributed by atoms with E-state index in [1.165, 1.54) is 12.7 Å². The van der Waals surface area contributed by atoms with Crippen molar-refractivity contribution in [2.75, 3.05) is 12.4 Å². The van der Waals surface area contributed by atoms with Gasteiger partial charge >= 0.3 is 0 Å². The molecule has 5 heteroatoms. The van der Waals surface area contributed by atoms with E-state index in [-0.39, 0.29) is 11.7 Å². The quantitative estimate of drug-likeness (QED) is 0.707. The Morgan fingerprint density at radius 1 is 1.04 bits per heavy atom. The zero-order valence-corrected chi connectivity index (χ0v) is 15.8. The lowest BCUT2D eigenvalue weighted by atomic mass is 10.0. The van der Waals surface area contributed by atoms with Gasteiger partial charge in [0.1, 0.15) is 6.17 Å². The first-order valence-corrected chi connectivity index (χ1v) is 9.16. The van der Waals surface area contributed by atoms with Crippen molar-refractivity contribution in [2.45, 2.75) is 19.6 Å². The summed E-state index contributed by atoms with van der Waals surface area (Å²) in [4.78, 5) is 15.0. The monoisotopic (exact) mass is 374 g/mol. The molecule has 1 amide bonds. The summed E-state index contributed by atoms with van der Waals surface area (Å²) in [6, 6.07) is 20.8. The lowest BCUT2D eigenvalue weighted by molar-refractivity contribution is 0.0664. The number of methoxy groups -OCH3 is 1. The van der Waals surface area contributed by atoms with E-state index in [1.54, 1.807) is 17.0 Å². The summed E-state index contributed by atoms with van der Waals surface area (Å²) in [6.07, 6.45) is -0.515. The smallest absolute Gasteiger partial charge is 0.258 e. The number of rotatable bonds is 4. The summed E-state index contributed by atoms with van der Waals surface area (Å²) in [6.45, 7) is 2.45. The second kappa shape index (κ2) is 7.27. The number of phenols is 1. The van der Waals surface area contributed by atoms with Gasteiger partial charge in [0.2, 0.25) is 0 Å². The third-order valence-electron chi connectivity index (χ3n) is 5.04. The van der Waals surface area contributed by atoms with Gasteiger partial charge in [-0.15, -0.1) is 0 Å². The molecule has 142 valence electrons. The molecule has 0 fully saturated rings. The highest BCUT2D eigenvalue weighted by Crippen LogP contribution is 2.40. The van der Waals surface area contributed by atoms with E-state index in [2.05, 4.69) is 5.32 Å². The van der Waals surface area contributed by atoms with Crippen molar-refractivity contribution in [3.63, 3.8) is 0 Å². The third-order valence-corrected chi connectivity index (χ3v) is 5.04. The van der Waals surface area contributed by atoms with Gasteiger partial charge in [-0.1, -0.05) is 54.1 Å². The standard InChI is InChI=1S/C23H22N2O3/c1-15-10-12-16(13-11-15)14-25-22(18-7-5-9-20(28-2)21(18)26)24-19-8-4-3-6-17(19)23(25)27/h3-13,22,24,26H,14H2,1-2H3. The van der Waals surface area contributed by atoms with E-state index in [1.807, 2.05) is 61.5 Å². The molecule has 1 unspecified atom stereocenters. The number of hydrogen-bond donors (Lipinski definition) is 2. The van der Waals surface area contributed by atoms with Gasteiger partial charge in [-0.05, 0) is 30.7 Å². The van der Waals surface area contributed by atoms with Crippen molar-refractivity contribution in [1.82, 2.24) is 4.90 Å². The van der Waals surface area contributed by atoms with Gasteiger partial charge in [-0.2, -0.15) is 0 Å². The van der Waals surface area contributed by atoms with Crippen LogP contribution in [0.25, 0.3) is 0 Å². The van der Waals surface area contributed by atoms with Crippen LogP contribution in [0.3, 0.4) is 0 Å². The number of para-hydroxylation sites is 2. The highest BCUT2D eigenvalue weighted by Gasteiger charge is 2.34. The predicted octanol–water partition coefficient (Wildman–Crippen LogP) is 4.48. The van der Waals surface area contributed by atoms with Crippen LogP contribution < -0.4 is 10.1 Å². The first kappa shape index (κ1) is 17.9. The molecule has 3 aromatic carbocycles.